The lowest BCUT2D eigenvalue weighted by Gasteiger charge is -2.06. The van der Waals surface area contributed by atoms with Gasteiger partial charge in [0.05, 0.1) is 24.3 Å². The van der Waals surface area contributed by atoms with Gasteiger partial charge in [0.1, 0.15) is 5.82 Å². The number of unbranched alkanes of at least 4 members (excludes halogenated alkanes) is 1. The minimum Gasteiger partial charge on any atom is -0.379 e. The van der Waals surface area contributed by atoms with Gasteiger partial charge in [-0.05, 0) is 40.0 Å². The summed E-state index contributed by atoms with van der Waals surface area (Å²) in [6.07, 6.45) is 2.23. The summed E-state index contributed by atoms with van der Waals surface area (Å²) < 4.78 is 24.2. The van der Waals surface area contributed by atoms with Crippen LogP contribution in [0.2, 0.25) is 0 Å². The van der Waals surface area contributed by atoms with E-state index in [9.17, 15) is 4.39 Å². The quantitative estimate of drug-likeness (QED) is 0.678. The maximum Gasteiger partial charge on any atom is 0.137 e. The van der Waals surface area contributed by atoms with Crippen LogP contribution in [0.1, 0.15) is 25.3 Å². The summed E-state index contributed by atoms with van der Waals surface area (Å²) in [7, 11) is 0. The molecular formula is C13H18BrFO2. The van der Waals surface area contributed by atoms with E-state index >= 15 is 0 Å². The van der Waals surface area contributed by atoms with Crippen molar-refractivity contribution in [1.82, 2.24) is 0 Å². The first kappa shape index (κ1) is 14.6. The molecule has 0 heterocycles. The highest BCUT2D eigenvalue weighted by atomic mass is 79.9. The molecule has 96 valence electrons. The third kappa shape index (κ3) is 6.15. The zero-order valence-corrected chi connectivity index (χ0v) is 11.6. The van der Waals surface area contributed by atoms with Gasteiger partial charge >= 0.3 is 0 Å². The third-order valence-electron chi connectivity index (χ3n) is 2.27. The van der Waals surface area contributed by atoms with E-state index in [0.717, 1.165) is 25.0 Å². The Morgan fingerprint density at radius 1 is 1.18 bits per heavy atom. The molecular weight excluding hydrogens is 287 g/mol. The molecule has 0 aliphatic heterocycles. The summed E-state index contributed by atoms with van der Waals surface area (Å²) in [5, 5.41) is 0. The Balaban J connectivity index is 2.11. The van der Waals surface area contributed by atoms with E-state index in [4.69, 9.17) is 9.47 Å². The van der Waals surface area contributed by atoms with Crippen LogP contribution in [0.3, 0.4) is 0 Å². The summed E-state index contributed by atoms with van der Waals surface area (Å²) in [6, 6.07) is 4.88. The standard InChI is InChI=1S/C13H18BrFO2/c1-2-3-6-16-7-8-17-10-11-4-5-13(15)12(14)9-11/h4-5,9H,2-3,6-8,10H2,1H3. The number of benzene rings is 1. The predicted molar refractivity (Wildman–Crippen MR) is 69.5 cm³/mol. The van der Waals surface area contributed by atoms with Crippen molar-refractivity contribution in [2.75, 3.05) is 19.8 Å². The van der Waals surface area contributed by atoms with Crippen molar-refractivity contribution < 1.29 is 13.9 Å². The maximum absolute atomic E-state index is 13.0. The Morgan fingerprint density at radius 2 is 1.94 bits per heavy atom. The smallest absolute Gasteiger partial charge is 0.137 e. The monoisotopic (exact) mass is 304 g/mol. The normalized spacial score (nSPS) is 10.8. The highest BCUT2D eigenvalue weighted by Crippen LogP contribution is 2.17. The van der Waals surface area contributed by atoms with Crippen molar-refractivity contribution in [1.29, 1.82) is 0 Å². The van der Waals surface area contributed by atoms with Crippen molar-refractivity contribution >= 4 is 15.9 Å². The Morgan fingerprint density at radius 3 is 2.65 bits per heavy atom. The average molecular weight is 305 g/mol. The average Bonchev–Trinajstić information content (AvgIpc) is 2.32. The fraction of sp³-hybridized carbons (Fsp3) is 0.538. The molecule has 0 N–H and O–H groups in total. The zero-order chi connectivity index (χ0) is 12.5. The van der Waals surface area contributed by atoms with E-state index in [2.05, 4.69) is 22.9 Å². The van der Waals surface area contributed by atoms with Crippen LogP contribution in [0, 0.1) is 5.82 Å². The summed E-state index contributed by atoms with van der Waals surface area (Å²) in [6.45, 7) is 4.59. The number of hydrogen-bond acceptors (Lipinski definition) is 2. The van der Waals surface area contributed by atoms with Crippen LogP contribution < -0.4 is 0 Å². The predicted octanol–water partition coefficient (Wildman–Crippen LogP) is 3.92. The largest absolute Gasteiger partial charge is 0.379 e. The third-order valence-corrected chi connectivity index (χ3v) is 2.87. The van der Waals surface area contributed by atoms with E-state index in [0.29, 0.717) is 24.3 Å². The van der Waals surface area contributed by atoms with Crippen LogP contribution in [0.4, 0.5) is 4.39 Å². The molecule has 0 saturated heterocycles. The number of ether oxygens (including phenoxy) is 2. The van der Waals surface area contributed by atoms with E-state index in [1.165, 1.54) is 6.07 Å². The molecule has 2 nitrogen and oxygen atoms in total. The van der Waals surface area contributed by atoms with E-state index in [-0.39, 0.29) is 5.82 Å². The second-order valence-corrected chi connectivity index (χ2v) is 4.62. The molecule has 0 amide bonds. The van der Waals surface area contributed by atoms with Gasteiger partial charge in [-0.15, -0.1) is 0 Å². The van der Waals surface area contributed by atoms with Gasteiger partial charge in [-0.25, -0.2) is 4.39 Å². The minimum absolute atomic E-state index is 0.253. The highest BCUT2D eigenvalue weighted by molar-refractivity contribution is 9.10. The Bertz CT molecular complexity index is 331. The Kier molecular flexibility index (Phi) is 7.40. The first-order valence-corrected chi connectivity index (χ1v) is 6.62. The van der Waals surface area contributed by atoms with Crippen LogP contribution in [0.5, 0.6) is 0 Å². The molecule has 0 aromatic heterocycles. The lowest BCUT2D eigenvalue weighted by molar-refractivity contribution is 0.0396. The van der Waals surface area contributed by atoms with Gasteiger partial charge < -0.3 is 9.47 Å². The van der Waals surface area contributed by atoms with Crippen molar-refractivity contribution in [3.63, 3.8) is 0 Å². The molecule has 0 spiro atoms. The molecule has 17 heavy (non-hydrogen) atoms. The van der Waals surface area contributed by atoms with Gasteiger partial charge in [0, 0.05) is 6.61 Å². The summed E-state index contributed by atoms with van der Waals surface area (Å²) in [5.74, 6) is -0.253. The molecule has 0 unspecified atom stereocenters. The van der Waals surface area contributed by atoms with E-state index in [1.54, 1.807) is 12.1 Å². The molecule has 0 atom stereocenters. The van der Waals surface area contributed by atoms with Crippen LogP contribution in [0.25, 0.3) is 0 Å². The molecule has 0 aliphatic carbocycles. The first-order chi connectivity index (χ1) is 8.24. The van der Waals surface area contributed by atoms with Gasteiger partial charge in [-0.2, -0.15) is 0 Å². The van der Waals surface area contributed by atoms with Gasteiger partial charge in [0.2, 0.25) is 0 Å². The molecule has 0 fully saturated rings. The van der Waals surface area contributed by atoms with Crippen LogP contribution in [-0.4, -0.2) is 19.8 Å². The summed E-state index contributed by atoms with van der Waals surface area (Å²) >= 11 is 3.14. The molecule has 4 heteroatoms. The van der Waals surface area contributed by atoms with Gasteiger partial charge in [0.25, 0.3) is 0 Å². The summed E-state index contributed by atoms with van der Waals surface area (Å²) in [4.78, 5) is 0. The van der Waals surface area contributed by atoms with Crippen molar-refractivity contribution in [2.45, 2.75) is 26.4 Å². The zero-order valence-electron chi connectivity index (χ0n) is 10.0. The lowest BCUT2D eigenvalue weighted by atomic mass is 10.2. The first-order valence-electron chi connectivity index (χ1n) is 5.83. The van der Waals surface area contributed by atoms with Crippen molar-refractivity contribution in [3.05, 3.63) is 34.1 Å². The molecule has 0 saturated carbocycles. The van der Waals surface area contributed by atoms with Crippen LogP contribution >= 0.6 is 15.9 Å². The number of halogens is 2. The molecule has 0 bridgehead atoms. The van der Waals surface area contributed by atoms with Gasteiger partial charge in [0.15, 0.2) is 0 Å². The van der Waals surface area contributed by atoms with Gasteiger partial charge in [-0.1, -0.05) is 19.4 Å². The SMILES string of the molecule is CCCCOCCOCc1ccc(F)c(Br)c1. The number of rotatable bonds is 8. The fourth-order valence-electron chi connectivity index (χ4n) is 1.29. The van der Waals surface area contributed by atoms with E-state index in [1.807, 2.05) is 0 Å². The Labute approximate surface area is 110 Å². The van der Waals surface area contributed by atoms with Crippen LogP contribution in [0.15, 0.2) is 22.7 Å². The molecule has 1 aromatic carbocycles. The van der Waals surface area contributed by atoms with E-state index < -0.39 is 0 Å². The maximum atomic E-state index is 13.0. The number of hydrogen-bond donors (Lipinski definition) is 0. The van der Waals surface area contributed by atoms with Crippen LogP contribution in [-0.2, 0) is 16.1 Å². The molecule has 0 aliphatic rings. The highest BCUT2D eigenvalue weighted by Gasteiger charge is 2.00. The second kappa shape index (κ2) is 8.61. The van der Waals surface area contributed by atoms with Crippen molar-refractivity contribution in [3.8, 4) is 0 Å². The second-order valence-electron chi connectivity index (χ2n) is 3.77. The molecule has 1 rings (SSSR count). The summed E-state index contributed by atoms with van der Waals surface area (Å²) in [5.41, 5.74) is 0.951. The topological polar surface area (TPSA) is 18.5 Å². The van der Waals surface area contributed by atoms with Crippen molar-refractivity contribution in [2.24, 2.45) is 0 Å². The molecule has 1 aromatic rings. The lowest BCUT2D eigenvalue weighted by Crippen LogP contribution is -2.05. The Hall–Kier alpha value is -0.450. The minimum atomic E-state index is -0.253. The van der Waals surface area contributed by atoms with Gasteiger partial charge in [-0.3, -0.25) is 0 Å². The fourth-order valence-corrected chi connectivity index (χ4v) is 1.71. The molecule has 0 radical (unpaired) electrons.